The van der Waals surface area contributed by atoms with E-state index in [2.05, 4.69) is 20.8 Å². The minimum absolute atomic E-state index is 0.286. The van der Waals surface area contributed by atoms with Gasteiger partial charge >= 0.3 is 8.60 Å². The van der Waals surface area contributed by atoms with Gasteiger partial charge in [-0.2, -0.15) is 0 Å². The summed E-state index contributed by atoms with van der Waals surface area (Å²) in [6.45, 7) is 7.01. The van der Waals surface area contributed by atoms with E-state index in [0.717, 1.165) is 30.3 Å². The number of hydrogen-bond acceptors (Lipinski definition) is 3. The van der Waals surface area contributed by atoms with Crippen LogP contribution in [-0.4, -0.2) is 6.10 Å². The van der Waals surface area contributed by atoms with Crippen LogP contribution < -0.4 is 9.05 Å². The van der Waals surface area contributed by atoms with Gasteiger partial charge in [0.05, 0.1) is 6.10 Å². The van der Waals surface area contributed by atoms with Gasteiger partial charge in [0.25, 0.3) is 0 Å². The molecule has 110 valence electrons. The zero-order valence-corrected chi connectivity index (χ0v) is 13.4. The number of hydrogen-bond donors (Lipinski definition) is 0. The molecule has 0 N–H and O–H groups in total. The van der Waals surface area contributed by atoms with Crippen LogP contribution in [0.2, 0.25) is 0 Å². The van der Waals surface area contributed by atoms with Crippen molar-refractivity contribution in [2.24, 2.45) is 11.3 Å². The normalized spacial score (nSPS) is 26.8. The van der Waals surface area contributed by atoms with Gasteiger partial charge in [0.1, 0.15) is 0 Å². The zero-order chi connectivity index (χ0) is 14.2. The first-order chi connectivity index (χ1) is 9.52. The van der Waals surface area contributed by atoms with Crippen LogP contribution in [0.1, 0.15) is 46.5 Å². The first-order valence-corrected chi connectivity index (χ1v) is 8.54. The van der Waals surface area contributed by atoms with Gasteiger partial charge in [-0.05, 0) is 49.1 Å². The molecule has 1 heterocycles. The molecule has 1 aliphatic heterocycles. The Morgan fingerprint density at radius 1 is 1.00 bits per heavy atom. The Morgan fingerprint density at radius 3 is 2.05 bits per heavy atom. The second-order valence-corrected chi connectivity index (χ2v) is 7.82. The van der Waals surface area contributed by atoms with Crippen LogP contribution in [-0.2, 0) is 4.52 Å². The van der Waals surface area contributed by atoms with E-state index in [9.17, 15) is 0 Å². The molecule has 0 atom stereocenters. The number of fused-ring (bicyclic) bond motifs is 1. The third-order valence-electron chi connectivity index (χ3n) is 4.33. The van der Waals surface area contributed by atoms with Crippen LogP contribution in [0.3, 0.4) is 0 Å². The maximum atomic E-state index is 6.02. The molecule has 1 aliphatic carbocycles. The molecule has 0 unspecified atom stereocenters. The van der Waals surface area contributed by atoms with Crippen LogP contribution in [0.15, 0.2) is 24.3 Å². The van der Waals surface area contributed by atoms with Crippen molar-refractivity contribution >= 4 is 8.60 Å². The minimum Gasteiger partial charge on any atom is -0.414 e. The summed E-state index contributed by atoms with van der Waals surface area (Å²) >= 11 is 0. The van der Waals surface area contributed by atoms with Gasteiger partial charge in [0, 0.05) is 0 Å². The third-order valence-corrected chi connectivity index (χ3v) is 5.49. The Labute approximate surface area is 122 Å². The first kappa shape index (κ1) is 14.2. The SMILES string of the molecule is CC(C)(C)C1CCC(OP2Oc3ccccc3O2)CC1. The lowest BCUT2D eigenvalue weighted by molar-refractivity contribution is 0.0841. The molecule has 3 nitrogen and oxygen atoms in total. The van der Waals surface area contributed by atoms with Crippen molar-refractivity contribution in [3.63, 3.8) is 0 Å². The van der Waals surface area contributed by atoms with Crippen LogP contribution in [0.5, 0.6) is 11.5 Å². The van der Waals surface area contributed by atoms with Crippen molar-refractivity contribution in [3.05, 3.63) is 24.3 Å². The second-order valence-electron chi connectivity index (χ2n) is 6.80. The summed E-state index contributed by atoms with van der Waals surface area (Å²) in [5.74, 6) is 2.42. The van der Waals surface area contributed by atoms with Crippen molar-refractivity contribution in [2.75, 3.05) is 0 Å². The topological polar surface area (TPSA) is 27.7 Å². The highest BCUT2D eigenvalue weighted by Crippen LogP contribution is 2.54. The highest BCUT2D eigenvalue weighted by molar-refractivity contribution is 7.43. The van der Waals surface area contributed by atoms with Gasteiger partial charge in [-0.3, -0.25) is 4.52 Å². The Morgan fingerprint density at radius 2 is 1.55 bits per heavy atom. The zero-order valence-electron chi connectivity index (χ0n) is 12.5. The van der Waals surface area contributed by atoms with Crippen molar-refractivity contribution in [1.82, 2.24) is 0 Å². The van der Waals surface area contributed by atoms with Crippen LogP contribution in [0.25, 0.3) is 0 Å². The molecular weight excluding hydrogens is 271 g/mol. The van der Waals surface area contributed by atoms with Gasteiger partial charge in [-0.25, -0.2) is 0 Å². The van der Waals surface area contributed by atoms with Crippen LogP contribution >= 0.6 is 8.60 Å². The number of benzene rings is 1. The monoisotopic (exact) mass is 294 g/mol. The Bertz CT molecular complexity index is 436. The molecule has 3 rings (SSSR count). The van der Waals surface area contributed by atoms with E-state index in [1.54, 1.807) is 0 Å². The summed E-state index contributed by atoms with van der Waals surface area (Å²) < 4.78 is 17.5. The fourth-order valence-electron chi connectivity index (χ4n) is 2.98. The molecule has 0 saturated heterocycles. The van der Waals surface area contributed by atoms with E-state index in [1.165, 1.54) is 12.8 Å². The van der Waals surface area contributed by atoms with Crippen molar-refractivity contribution < 1.29 is 13.6 Å². The molecule has 0 spiro atoms. The van der Waals surface area contributed by atoms with E-state index in [-0.39, 0.29) is 6.10 Å². The second kappa shape index (κ2) is 5.54. The van der Waals surface area contributed by atoms with Gasteiger partial charge in [-0.1, -0.05) is 32.9 Å². The van der Waals surface area contributed by atoms with Crippen molar-refractivity contribution in [3.8, 4) is 11.5 Å². The lowest BCUT2D eigenvalue weighted by atomic mass is 9.72. The van der Waals surface area contributed by atoms with Gasteiger partial charge in [-0.15, -0.1) is 0 Å². The lowest BCUT2D eigenvalue weighted by Crippen LogP contribution is -2.28. The quantitative estimate of drug-likeness (QED) is 0.692. The molecule has 0 radical (unpaired) electrons. The highest BCUT2D eigenvalue weighted by Gasteiger charge is 2.35. The summed E-state index contributed by atoms with van der Waals surface area (Å²) in [7, 11) is -1.24. The maximum Gasteiger partial charge on any atom is 0.463 e. The minimum atomic E-state index is -1.24. The molecular formula is C16H23O3P. The molecule has 2 aliphatic rings. The highest BCUT2D eigenvalue weighted by atomic mass is 31.2. The predicted octanol–water partition coefficient (Wildman–Crippen LogP) is 5.31. The van der Waals surface area contributed by atoms with E-state index < -0.39 is 8.60 Å². The number of rotatable bonds is 2. The Hall–Kier alpha value is -0.790. The number of para-hydroxylation sites is 2. The lowest BCUT2D eigenvalue weighted by Gasteiger charge is -2.36. The molecule has 0 amide bonds. The molecule has 0 aromatic heterocycles. The molecule has 4 heteroatoms. The molecule has 1 aromatic carbocycles. The summed E-state index contributed by atoms with van der Waals surface area (Å²) in [6, 6.07) is 7.76. The summed E-state index contributed by atoms with van der Waals surface area (Å²) in [6.07, 6.45) is 5.00. The standard InChI is InChI=1S/C16H23O3P/c1-16(2,3)12-8-10-13(11-9-12)17-20-18-14-6-4-5-7-15(14)19-20/h4-7,12-13H,8-11H2,1-3H3. The van der Waals surface area contributed by atoms with Gasteiger partial charge in [0.2, 0.25) is 0 Å². The van der Waals surface area contributed by atoms with Gasteiger partial charge in [0.15, 0.2) is 11.5 Å². The first-order valence-electron chi connectivity index (χ1n) is 7.44. The largest absolute Gasteiger partial charge is 0.463 e. The molecule has 1 fully saturated rings. The van der Waals surface area contributed by atoms with Crippen molar-refractivity contribution in [2.45, 2.75) is 52.6 Å². The molecule has 0 bridgehead atoms. The summed E-state index contributed by atoms with van der Waals surface area (Å²) in [5.41, 5.74) is 0.410. The fraction of sp³-hybridized carbons (Fsp3) is 0.625. The Balaban J connectivity index is 1.50. The van der Waals surface area contributed by atoms with E-state index in [1.807, 2.05) is 24.3 Å². The summed E-state index contributed by atoms with van der Waals surface area (Å²) in [4.78, 5) is 0. The average Bonchev–Trinajstić information content (AvgIpc) is 2.80. The molecule has 1 aromatic rings. The van der Waals surface area contributed by atoms with E-state index >= 15 is 0 Å². The fourth-order valence-corrected chi connectivity index (χ4v) is 4.18. The predicted molar refractivity (Wildman–Crippen MR) is 80.9 cm³/mol. The van der Waals surface area contributed by atoms with Crippen molar-refractivity contribution in [1.29, 1.82) is 0 Å². The van der Waals surface area contributed by atoms with Gasteiger partial charge < -0.3 is 9.05 Å². The van der Waals surface area contributed by atoms with E-state index in [0.29, 0.717) is 5.41 Å². The van der Waals surface area contributed by atoms with Crippen LogP contribution in [0.4, 0.5) is 0 Å². The van der Waals surface area contributed by atoms with E-state index in [4.69, 9.17) is 13.6 Å². The summed E-state index contributed by atoms with van der Waals surface area (Å²) in [5, 5.41) is 0. The van der Waals surface area contributed by atoms with Crippen LogP contribution in [0, 0.1) is 11.3 Å². The third kappa shape index (κ3) is 3.10. The molecule has 20 heavy (non-hydrogen) atoms. The average molecular weight is 294 g/mol. The maximum absolute atomic E-state index is 6.02. The smallest absolute Gasteiger partial charge is 0.414 e. The Kier molecular flexibility index (Phi) is 3.92. The molecule has 1 saturated carbocycles.